The minimum absolute atomic E-state index is 0.356. The first-order valence-corrected chi connectivity index (χ1v) is 7.69. The largest absolute Gasteiger partial charge is 0.381 e. The molecule has 0 spiro atoms. The van der Waals surface area contributed by atoms with E-state index in [1.54, 1.807) is 11.3 Å². The van der Waals surface area contributed by atoms with Crippen LogP contribution in [0.3, 0.4) is 0 Å². The summed E-state index contributed by atoms with van der Waals surface area (Å²) in [5.41, 5.74) is 0. The number of thiophene rings is 1. The van der Waals surface area contributed by atoms with Crippen molar-refractivity contribution in [2.75, 3.05) is 25.1 Å². The number of anilines is 1. The summed E-state index contributed by atoms with van der Waals surface area (Å²) < 4.78 is 5.45. The lowest BCUT2D eigenvalue weighted by atomic mass is 10.1. The van der Waals surface area contributed by atoms with Gasteiger partial charge in [0.25, 0.3) is 0 Å². The highest BCUT2D eigenvalue weighted by molar-refractivity contribution is 7.18. The molecule has 1 atom stereocenters. The number of aromatic nitrogens is 2. The van der Waals surface area contributed by atoms with Gasteiger partial charge < -0.3 is 10.1 Å². The van der Waals surface area contributed by atoms with Crippen molar-refractivity contribution in [1.82, 2.24) is 9.97 Å². The molecule has 0 bridgehead atoms. The van der Waals surface area contributed by atoms with Gasteiger partial charge in [-0.2, -0.15) is 0 Å². The van der Waals surface area contributed by atoms with Crippen LogP contribution in [-0.2, 0) is 4.74 Å². The molecule has 3 rings (SSSR count). The standard InChI is InChI=1S/C14H19N3OS/c1-3-5-15-13-11-7-9(2)19-14(11)17-12(16-13)10-4-6-18-8-10/h7,10H,3-6,8H2,1-2H3,(H,15,16,17). The smallest absolute Gasteiger partial charge is 0.138 e. The molecular weight excluding hydrogens is 258 g/mol. The first-order valence-electron chi connectivity index (χ1n) is 6.87. The first-order chi connectivity index (χ1) is 9.28. The lowest BCUT2D eigenvalue weighted by Crippen LogP contribution is -2.09. The third-order valence-corrected chi connectivity index (χ3v) is 4.31. The van der Waals surface area contributed by atoms with Crippen molar-refractivity contribution in [3.63, 3.8) is 0 Å². The Labute approximate surface area is 117 Å². The summed E-state index contributed by atoms with van der Waals surface area (Å²) in [4.78, 5) is 11.8. The Hall–Kier alpha value is -1.20. The molecule has 0 aromatic carbocycles. The van der Waals surface area contributed by atoms with E-state index in [1.165, 1.54) is 4.88 Å². The number of aryl methyl sites for hydroxylation is 1. The molecule has 1 fully saturated rings. The minimum Gasteiger partial charge on any atom is -0.381 e. The van der Waals surface area contributed by atoms with E-state index in [0.717, 1.165) is 54.5 Å². The Morgan fingerprint density at radius 2 is 2.37 bits per heavy atom. The number of ether oxygens (including phenoxy) is 1. The van der Waals surface area contributed by atoms with Crippen LogP contribution in [-0.4, -0.2) is 29.7 Å². The van der Waals surface area contributed by atoms with E-state index in [1.807, 2.05) is 0 Å². The average Bonchev–Trinajstić information content (AvgIpc) is 3.03. The lowest BCUT2D eigenvalue weighted by Gasteiger charge is -2.10. The third-order valence-electron chi connectivity index (χ3n) is 3.37. The molecule has 102 valence electrons. The zero-order valence-electron chi connectivity index (χ0n) is 11.4. The predicted molar refractivity (Wildman–Crippen MR) is 79.1 cm³/mol. The summed E-state index contributed by atoms with van der Waals surface area (Å²) in [5, 5.41) is 4.58. The maximum atomic E-state index is 5.45. The van der Waals surface area contributed by atoms with Gasteiger partial charge in [0.05, 0.1) is 12.0 Å². The highest BCUT2D eigenvalue weighted by atomic mass is 32.1. The van der Waals surface area contributed by atoms with Gasteiger partial charge in [-0.3, -0.25) is 0 Å². The Balaban J connectivity index is 2.03. The fourth-order valence-corrected chi connectivity index (χ4v) is 3.24. The number of rotatable bonds is 4. The van der Waals surface area contributed by atoms with E-state index in [-0.39, 0.29) is 0 Å². The van der Waals surface area contributed by atoms with E-state index >= 15 is 0 Å². The van der Waals surface area contributed by atoms with E-state index in [9.17, 15) is 0 Å². The summed E-state index contributed by atoms with van der Waals surface area (Å²) in [5.74, 6) is 2.28. The molecule has 0 amide bonds. The molecule has 1 saturated heterocycles. The highest BCUT2D eigenvalue weighted by Crippen LogP contribution is 2.31. The van der Waals surface area contributed by atoms with Gasteiger partial charge in [-0.25, -0.2) is 9.97 Å². The average molecular weight is 277 g/mol. The zero-order valence-corrected chi connectivity index (χ0v) is 12.2. The van der Waals surface area contributed by atoms with Crippen molar-refractivity contribution in [3.05, 3.63) is 16.8 Å². The molecule has 0 radical (unpaired) electrons. The predicted octanol–water partition coefficient (Wildman–Crippen LogP) is 3.33. The second-order valence-electron chi connectivity index (χ2n) is 4.99. The molecule has 0 saturated carbocycles. The topological polar surface area (TPSA) is 47.0 Å². The molecule has 5 heteroatoms. The molecule has 3 heterocycles. The maximum absolute atomic E-state index is 5.45. The van der Waals surface area contributed by atoms with Gasteiger partial charge in [0.2, 0.25) is 0 Å². The summed E-state index contributed by atoms with van der Waals surface area (Å²) in [6.45, 7) is 6.81. The van der Waals surface area contributed by atoms with Gasteiger partial charge in [0, 0.05) is 23.9 Å². The summed E-state index contributed by atoms with van der Waals surface area (Å²) in [7, 11) is 0. The Morgan fingerprint density at radius 1 is 1.47 bits per heavy atom. The summed E-state index contributed by atoms with van der Waals surface area (Å²) in [6.07, 6.45) is 2.12. The number of hydrogen-bond acceptors (Lipinski definition) is 5. The molecule has 2 aromatic heterocycles. The first kappa shape index (κ1) is 12.8. The molecule has 1 unspecified atom stereocenters. The minimum atomic E-state index is 0.356. The molecular formula is C14H19N3OS. The van der Waals surface area contributed by atoms with Gasteiger partial charge in [-0.1, -0.05) is 6.92 Å². The second-order valence-corrected chi connectivity index (χ2v) is 6.23. The van der Waals surface area contributed by atoms with Crippen LogP contribution in [0.15, 0.2) is 6.07 Å². The highest BCUT2D eigenvalue weighted by Gasteiger charge is 2.22. The number of nitrogens with zero attached hydrogens (tertiary/aromatic N) is 2. The van der Waals surface area contributed by atoms with Crippen LogP contribution in [0.25, 0.3) is 10.2 Å². The number of hydrogen-bond donors (Lipinski definition) is 1. The van der Waals surface area contributed by atoms with E-state index in [4.69, 9.17) is 14.7 Å². The lowest BCUT2D eigenvalue weighted by molar-refractivity contribution is 0.193. The van der Waals surface area contributed by atoms with Crippen molar-refractivity contribution in [2.45, 2.75) is 32.6 Å². The molecule has 1 aliphatic heterocycles. The van der Waals surface area contributed by atoms with Gasteiger partial charge in [0.1, 0.15) is 16.5 Å². The van der Waals surface area contributed by atoms with Gasteiger partial charge >= 0.3 is 0 Å². The van der Waals surface area contributed by atoms with Gasteiger partial charge in [-0.15, -0.1) is 11.3 Å². The van der Waals surface area contributed by atoms with Crippen LogP contribution in [0.4, 0.5) is 5.82 Å². The SMILES string of the molecule is CCCNc1nc(C2CCOC2)nc2sc(C)cc12. The molecule has 4 nitrogen and oxygen atoms in total. The number of nitrogens with one attached hydrogen (secondary N) is 1. The third kappa shape index (κ3) is 2.58. The fourth-order valence-electron chi connectivity index (χ4n) is 2.36. The van der Waals surface area contributed by atoms with Crippen LogP contribution >= 0.6 is 11.3 Å². The zero-order chi connectivity index (χ0) is 13.2. The van der Waals surface area contributed by atoms with Crippen LogP contribution in [0.5, 0.6) is 0 Å². The fraction of sp³-hybridized carbons (Fsp3) is 0.571. The van der Waals surface area contributed by atoms with Crippen LogP contribution < -0.4 is 5.32 Å². The van der Waals surface area contributed by atoms with Crippen molar-refractivity contribution in [1.29, 1.82) is 0 Å². The Kier molecular flexibility index (Phi) is 3.66. The molecule has 2 aromatic rings. The van der Waals surface area contributed by atoms with Crippen LogP contribution in [0.2, 0.25) is 0 Å². The van der Waals surface area contributed by atoms with Gasteiger partial charge in [-0.05, 0) is 25.8 Å². The van der Waals surface area contributed by atoms with Crippen molar-refractivity contribution < 1.29 is 4.74 Å². The monoisotopic (exact) mass is 277 g/mol. The van der Waals surface area contributed by atoms with Crippen molar-refractivity contribution in [3.8, 4) is 0 Å². The Bertz CT molecular complexity index is 575. The molecule has 1 aliphatic rings. The summed E-state index contributed by atoms with van der Waals surface area (Å²) >= 11 is 1.74. The van der Waals surface area contributed by atoms with E-state index in [0.29, 0.717) is 5.92 Å². The van der Waals surface area contributed by atoms with Crippen LogP contribution in [0, 0.1) is 6.92 Å². The van der Waals surface area contributed by atoms with Gasteiger partial charge in [0.15, 0.2) is 0 Å². The van der Waals surface area contributed by atoms with Crippen molar-refractivity contribution in [2.24, 2.45) is 0 Å². The quantitative estimate of drug-likeness (QED) is 0.931. The second kappa shape index (κ2) is 5.43. The Morgan fingerprint density at radius 3 is 3.11 bits per heavy atom. The normalized spacial score (nSPS) is 19.2. The molecule has 1 N–H and O–H groups in total. The van der Waals surface area contributed by atoms with Crippen LogP contribution in [0.1, 0.15) is 36.4 Å². The maximum Gasteiger partial charge on any atom is 0.138 e. The van der Waals surface area contributed by atoms with Crippen molar-refractivity contribution >= 4 is 27.4 Å². The summed E-state index contributed by atoms with van der Waals surface area (Å²) in [6, 6.07) is 2.17. The van der Waals surface area contributed by atoms with E-state index in [2.05, 4.69) is 25.2 Å². The number of fused-ring (bicyclic) bond motifs is 1. The van der Waals surface area contributed by atoms with E-state index < -0.39 is 0 Å². The molecule has 19 heavy (non-hydrogen) atoms. The molecule has 0 aliphatic carbocycles.